The second-order valence-electron chi connectivity index (χ2n) is 5.00. The molecule has 0 spiro atoms. The van der Waals surface area contributed by atoms with Crippen LogP contribution in [0.1, 0.15) is 12.0 Å². The number of hydrogen-bond acceptors (Lipinski definition) is 3. The van der Waals surface area contributed by atoms with Crippen molar-refractivity contribution in [1.82, 2.24) is 4.98 Å². The van der Waals surface area contributed by atoms with Crippen LogP contribution in [-0.4, -0.2) is 13.7 Å². The predicted octanol–water partition coefficient (Wildman–Crippen LogP) is 5.47. The monoisotopic (exact) mass is 493 g/mol. The maximum absolute atomic E-state index is 13.1. The Balaban J connectivity index is 1.81. The summed E-state index contributed by atoms with van der Waals surface area (Å²) in [5.74, 6) is 0.242. The second-order valence-corrected chi connectivity index (χ2v) is 12.3. The van der Waals surface area contributed by atoms with Crippen molar-refractivity contribution in [2.24, 2.45) is 0 Å². The van der Waals surface area contributed by atoms with Gasteiger partial charge in [-0.3, -0.25) is 0 Å². The Bertz CT molecular complexity index is 686. The first-order valence-electron chi connectivity index (χ1n) is 6.48. The summed E-state index contributed by atoms with van der Waals surface area (Å²) in [7, 11) is 0. The van der Waals surface area contributed by atoms with E-state index in [0.717, 1.165) is 5.56 Å². The number of rotatable bonds is 4. The minimum Gasteiger partial charge on any atom is -0.439 e. The third-order valence-corrected chi connectivity index (χ3v) is 4.09. The fraction of sp³-hybridized carbons (Fsp3) is 0.267. The minimum absolute atomic E-state index is 0.221. The van der Waals surface area contributed by atoms with Gasteiger partial charge < -0.3 is 9.47 Å². The van der Waals surface area contributed by atoms with Crippen LogP contribution in [0.4, 0.5) is 4.39 Å². The van der Waals surface area contributed by atoms with Gasteiger partial charge in [0.15, 0.2) is 0 Å². The summed E-state index contributed by atoms with van der Waals surface area (Å²) >= 11 is 10.5. The average Bonchev–Trinajstić information content (AvgIpc) is 3.18. The number of ether oxygens (including phenoxy) is 2. The highest BCUT2D eigenvalue weighted by atomic mass is 80.0. The van der Waals surface area contributed by atoms with Crippen molar-refractivity contribution in [3.63, 3.8) is 0 Å². The lowest BCUT2D eigenvalue weighted by atomic mass is 9.97. The summed E-state index contributed by atoms with van der Waals surface area (Å²) < 4.78 is 24.0. The van der Waals surface area contributed by atoms with Crippen molar-refractivity contribution in [1.29, 1.82) is 0 Å². The van der Waals surface area contributed by atoms with E-state index in [-0.39, 0.29) is 13.6 Å². The lowest BCUT2D eigenvalue weighted by Crippen LogP contribution is -2.17. The zero-order chi connectivity index (χ0) is 15.8. The van der Waals surface area contributed by atoms with Crippen LogP contribution in [0.3, 0.4) is 0 Å². The molecule has 1 aromatic heterocycles. The molecular formula is C15H11Br3FNO2. The molecule has 1 aliphatic heterocycles. The molecule has 7 heteroatoms. The van der Waals surface area contributed by atoms with Crippen molar-refractivity contribution in [2.75, 3.05) is 6.61 Å². The highest BCUT2D eigenvalue weighted by molar-refractivity contribution is 9.39. The predicted molar refractivity (Wildman–Crippen MR) is 92.5 cm³/mol. The number of nitrogens with zero attached hydrogens (tertiary/aromatic N) is 1. The van der Waals surface area contributed by atoms with E-state index in [0.29, 0.717) is 18.8 Å². The highest BCUT2D eigenvalue weighted by Gasteiger charge is 2.50. The highest BCUT2D eigenvalue weighted by Crippen LogP contribution is 2.52. The number of hydrogen-bond donors (Lipinski definition) is 0. The fourth-order valence-electron chi connectivity index (χ4n) is 2.19. The van der Waals surface area contributed by atoms with Gasteiger partial charge >= 0.3 is 0 Å². The lowest BCUT2D eigenvalue weighted by Gasteiger charge is -2.19. The van der Waals surface area contributed by atoms with Crippen LogP contribution in [0, 0.1) is 5.95 Å². The Labute approximate surface area is 152 Å². The van der Waals surface area contributed by atoms with Crippen LogP contribution in [0.15, 0.2) is 42.5 Å². The summed E-state index contributed by atoms with van der Waals surface area (Å²) in [6, 6.07) is 12.0. The van der Waals surface area contributed by atoms with Crippen molar-refractivity contribution < 1.29 is 13.9 Å². The van der Waals surface area contributed by atoms with Gasteiger partial charge in [0.2, 0.25) is 11.8 Å². The Kier molecular flexibility index (Phi) is 4.60. The molecule has 0 N–H and O–H groups in total. The number of benzene rings is 1. The van der Waals surface area contributed by atoms with Crippen LogP contribution in [0.2, 0.25) is 0 Å². The second kappa shape index (κ2) is 6.19. The van der Waals surface area contributed by atoms with Crippen molar-refractivity contribution in [3.05, 3.63) is 54.0 Å². The Morgan fingerprint density at radius 3 is 2.59 bits per heavy atom. The molecule has 0 aliphatic carbocycles. The van der Waals surface area contributed by atoms with Crippen molar-refractivity contribution >= 4 is 47.8 Å². The standard InChI is InChI=1S/C15H11Br3FNO2/c16-15(17,18)8-14(9-21-14)10-3-1-4-11(7-10)22-13-6-2-5-12(19)20-13/h1-7H,8-9H2. The summed E-state index contributed by atoms with van der Waals surface area (Å²) in [6.45, 7) is 0.638. The number of pyridine rings is 1. The van der Waals surface area contributed by atoms with Gasteiger partial charge in [-0.25, -0.2) is 0 Å². The zero-order valence-electron chi connectivity index (χ0n) is 11.2. The molecule has 0 bridgehead atoms. The molecular weight excluding hydrogens is 485 g/mol. The van der Waals surface area contributed by atoms with Crippen molar-refractivity contribution in [3.8, 4) is 11.6 Å². The molecule has 1 aliphatic rings. The summed E-state index contributed by atoms with van der Waals surface area (Å²) in [6.07, 6.45) is 0.696. The molecule has 1 saturated heterocycles. The number of epoxide rings is 1. The topological polar surface area (TPSA) is 34.6 Å². The maximum Gasteiger partial charge on any atom is 0.221 e. The Hall–Kier alpha value is -0.500. The molecule has 2 heterocycles. The molecule has 0 amide bonds. The van der Waals surface area contributed by atoms with Crippen LogP contribution in [0.25, 0.3) is 0 Å². The molecule has 1 atom stereocenters. The molecule has 1 fully saturated rings. The van der Waals surface area contributed by atoms with Gasteiger partial charge in [0.05, 0.1) is 6.61 Å². The largest absolute Gasteiger partial charge is 0.439 e. The number of halogens is 4. The van der Waals surface area contributed by atoms with Gasteiger partial charge in [-0.2, -0.15) is 9.37 Å². The molecule has 1 aromatic carbocycles. The van der Waals surface area contributed by atoms with E-state index in [9.17, 15) is 4.39 Å². The third kappa shape index (κ3) is 4.07. The van der Waals surface area contributed by atoms with Gasteiger partial charge in [0.1, 0.15) is 13.5 Å². The van der Waals surface area contributed by atoms with Gasteiger partial charge in [-0.15, -0.1) is 0 Å². The van der Waals surface area contributed by atoms with E-state index in [1.54, 1.807) is 18.2 Å². The van der Waals surface area contributed by atoms with E-state index in [1.807, 2.05) is 18.2 Å². The van der Waals surface area contributed by atoms with Gasteiger partial charge in [0.25, 0.3) is 0 Å². The smallest absolute Gasteiger partial charge is 0.221 e. The third-order valence-electron chi connectivity index (χ3n) is 3.25. The number of alkyl halides is 3. The molecule has 0 saturated carbocycles. The first-order chi connectivity index (χ1) is 10.4. The van der Waals surface area contributed by atoms with Gasteiger partial charge in [0, 0.05) is 12.5 Å². The van der Waals surface area contributed by atoms with Gasteiger partial charge in [-0.05, 0) is 23.8 Å². The summed E-state index contributed by atoms with van der Waals surface area (Å²) in [5.41, 5.74) is 0.648. The quantitative estimate of drug-likeness (QED) is 0.320. The molecule has 1 unspecified atom stereocenters. The maximum atomic E-state index is 13.1. The van der Waals surface area contributed by atoms with Crippen LogP contribution >= 0.6 is 47.8 Å². The summed E-state index contributed by atoms with van der Waals surface area (Å²) in [5, 5.41) is 0. The van der Waals surface area contributed by atoms with E-state index in [2.05, 4.69) is 52.8 Å². The van der Waals surface area contributed by atoms with E-state index in [4.69, 9.17) is 9.47 Å². The minimum atomic E-state index is -0.571. The average molecular weight is 496 g/mol. The Morgan fingerprint density at radius 1 is 1.23 bits per heavy atom. The van der Waals surface area contributed by atoms with E-state index in [1.165, 1.54) is 6.07 Å². The van der Waals surface area contributed by atoms with Crippen LogP contribution in [0.5, 0.6) is 11.6 Å². The molecule has 116 valence electrons. The van der Waals surface area contributed by atoms with Crippen LogP contribution in [-0.2, 0) is 10.3 Å². The van der Waals surface area contributed by atoms with E-state index >= 15 is 0 Å². The van der Waals surface area contributed by atoms with Crippen LogP contribution < -0.4 is 4.74 Å². The lowest BCUT2D eigenvalue weighted by molar-refractivity contribution is 0.298. The normalized spacial score (nSPS) is 20.7. The number of aromatic nitrogens is 1. The fourth-order valence-corrected chi connectivity index (χ4v) is 3.55. The van der Waals surface area contributed by atoms with Gasteiger partial charge in [-0.1, -0.05) is 66.0 Å². The summed E-state index contributed by atoms with van der Waals surface area (Å²) in [4.78, 5) is 3.69. The first-order valence-corrected chi connectivity index (χ1v) is 8.86. The molecule has 22 heavy (non-hydrogen) atoms. The van der Waals surface area contributed by atoms with E-state index < -0.39 is 5.95 Å². The van der Waals surface area contributed by atoms with Crippen molar-refractivity contribution in [2.45, 2.75) is 14.2 Å². The SMILES string of the molecule is Fc1cccc(Oc2cccc(C3(CC(Br)(Br)Br)CO3)c2)n1. The molecule has 0 radical (unpaired) electrons. The first kappa shape index (κ1) is 16.4. The molecule has 3 rings (SSSR count). The zero-order valence-corrected chi connectivity index (χ0v) is 16.0. The Morgan fingerprint density at radius 2 is 1.95 bits per heavy atom. The molecule has 3 nitrogen and oxygen atoms in total. The molecule has 2 aromatic rings.